The fourth-order valence-corrected chi connectivity index (χ4v) is 2.01. The number of nitrogens with zero attached hydrogens (tertiary/aromatic N) is 2. The Balaban J connectivity index is 1.95. The summed E-state index contributed by atoms with van der Waals surface area (Å²) in [7, 11) is 0. The summed E-state index contributed by atoms with van der Waals surface area (Å²) in [5, 5.41) is 0. The van der Waals surface area contributed by atoms with Crippen LogP contribution >= 0.6 is 0 Å². The van der Waals surface area contributed by atoms with Gasteiger partial charge < -0.3 is 0 Å². The van der Waals surface area contributed by atoms with Crippen LogP contribution in [0.15, 0.2) is 12.4 Å². The minimum Gasteiger partial charge on any atom is -0.241 e. The normalized spacial score (nSPS) is 10.7. The molecule has 0 unspecified atom stereocenters. The van der Waals surface area contributed by atoms with Gasteiger partial charge in [0.05, 0.1) is 0 Å². The van der Waals surface area contributed by atoms with Crippen LogP contribution in [0.1, 0.15) is 69.7 Å². The van der Waals surface area contributed by atoms with Crippen molar-refractivity contribution in [2.24, 2.45) is 0 Å². The Kier molecular flexibility index (Phi) is 7.61. The zero-order valence-electron chi connectivity index (χ0n) is 11.4. The molecule has 2 nitrogen and oxygen atoms in total. The Morgan fingerprint density at radius 3 is 1.94 bits per heavy atom. The second kappa shape index (κ2) is 9.15. The number of unbranched alkanes of at least 4 members (excludes halogenated alkanes) is 7. The standard InChI is InChI=1S/C15H26N2/c1-3-4-5-6-7-8-9-10-11-15-12-16-14(2)17-13-15/h12-13H,3-11H2,1-2H3. The number of aromatic nitrogens is 2. The van der Waals surface area contributed by atoms with Crippen molar-refractivity contribution >= 4 is 0 Å². The van der Waals surface area contributed by atoms with Crippen molar-refractivity contribution in [2.45, 2.75) is 71.6 Å². The number of hydrogen-bond donors (Lipinski definition) is 0. The van der Waals surface area contributed by atoms with Crippen LogP contribution < -0.4 is 0 Å². The number of aryl methyl sites for hydroxylation is 2. The van der Waals surface area contributed by atoms with Gasteiger partial charge in [-0.05, 0) is 25.3 Å². The first-order chi connectivity index (χ1) is 8.33. The summed E-state index contributed by atoms with van der Waals surface area (Å²) in [4.78, 5) is 8.43. The van der Waals surface area contributed by atoms with Crippen molar-refractivity contribution in [3.63, 3.8) is 0 Å². The molecule has 1 aromatic rings. The Labute approximate surface area is 106 Å². The smallest absolute Gasteiger partial charge is 0.125 e. The highest BCUT2D eigenvalue weighted by molar-refractivity contribution is 5.04. The van der Waals surface area contributed by atoms with Crippen molar-refractivity contribution < 1.29 is 0 Å². The molecular weight excluding hydrogens is 208 g/mol. The minimum atomic E-state index is 0.865. The molecule has 1 aromatic heterocycles. The topological polar surface area (TPSA) is 25.8 Å². The summed E-state index contributed by atoms with van der Waals surface area (Å²) < 4.78 is 0. The molecule has 0 atom stereocenters. The van der Waals surface area contributed by atoms with Gasteiger partial charge >= 0.3 is 0 Å². The van der Waals surface area contributed by atoms with E-state index in [2.05, 4.69) is 16.9 Å². The maximum atomic E-state index is 4.22. The van der Waals surface area contributed by atoms with Gasteiger partial charge in [-0.15, -0.1) is 0 Å². The Morgan fingerprint density at radius 1 is 0.824 bits per heavy atom. The molecule has 1 heterocycles. The minimum absolute atomic E-state index is 0.865. The van der Waals surface area contributed by atoms with E-state index in [-0.39, 0.29) is 0 Å². The Bertz CT molecular complexity index is 279. The van der Waals surface area contributed by atoms with Crippen LogP contribution in [0, 0.1) is 6.92 Å². The lowest BCUT2D eigenvalue weighted by Crippen LogP contribution is -1.92. The maximum Gasteiger partial charge on any atom is 0.125 e. The van der Waals surface area contributed by atoms with Crippen LogP contribution in [-0.4, -0.2) is 9.97 Å². The third-order valence-electron chi connectivity index (χ3n) is 3.15. The highest BCUT2D eigenvalue weighted by atomic mass is 14.8. The van der Waals surface area contributed by atoms with Crippen molar-refractivity contribution in [1.29, 1.82) is 0 Å². The highest BCUT2D eigenvalue weighted by Gasteiger charge is 1.95. The van der Waals surface area contributed by atoms with Crippen LogP contribution in [0.25, 0.3) is 0 Å². The summed E-state index contributed by atoms with van der Waals surface area (Å²) in [5.41, 5.74) is 1.28. The molecule has 0 amide bonds. The fraction of sp³-hybridized carbons (Fsp3) is 0.733. The van der Waals surface area contributed by atoms with Gasteiger partial charge in [0.1, 0.15) is 5.82 Å². The first kappa shape index (κ1) is 14.1. The van der Waals surface area contributed by atoms with Crippen molar-refractivity contribution in [2.75, 3.05) is 0 Å². The van der Waals surface area contributed by atoms with E-state index in [9.17, 15) is 0 Å². The van der Waals surface area contributed by atoms with Crippen LogP contribution in [0.2, 0.25) is 0 Å². The van der Waals surface area contributed by atoms with Crippen LogP contribution in [0.5, 0.6) is 0 Å². The molecule has 0 aromatic carbocycles. The Morgan fingerprint density at radius 2 is 1.35 bits per heavy atom. The summed E-state index contributed by atoms with van der Waals surface area (Å²) in [5.74, 6) is 0.865. The predicted molar refractivity (Wildman–Crippen MR) is 73.1 cm³/mol. The molecule has 0 bridgehead atoms. The molecule has 1 rings (SSSR count). The van der Waals surface area contributed by atoms with E-state index in [1.165, 1.54) is 56.9 Å². The quantitative estimate of drug-likeness (QED) is 0.589. The molecule has 96 valence electrons. The molecule has 2 heteroatoms. The molecule has 0 N–H and O–H groups in total. The lowest BCUT2D eigenvalue weighted by Gasteiger charge is -2.02. The van der Waals surface area contributed by atoms with Gasteiger partial charge in [0.15, 0.2) is 0 Å². The number of hydrogen-bond acceptors (Lipinski definition) is 2. The lowest BCUT2D eigenvalue weighted by molar-refractivity contribution is 0.575. The largest absolute Gasteiger partial charge is 0.241 e. The van der Waals surface area contributed by atoms with Gasteiger partial charge in [-0.3, -0.25) is 0 Å². The second-order valence-corrected chi connectivity index (χ2v) is 4.86. The van der Waals surface area contributed by atoms with E-state index in [0.717, 1.165) is 12.2 Å². The van der Waals surface area contributed by atoms with Crippen LogP contribution in [0.4, 0.5) is 0 Å². The van der Waals surface area contributed by atoms with Gasteiger partial charge in [0.2, 0.25) is 0 Å². The summed E-state index contributed by atoms with van der Waals surface area (Å²) >= 11 is 0. The van der Waals surface area contributed by atoms with Crippen molar-refractivity contribution in [1.82, 2.24) is 9.97 Å². The van der Waals surface area contributed by atoms with Crippen LogP contribution in [-0.2, 0) is 6.42 Å². The average Bonchev–Trinajstić information content (AvgIpc) is 2.35. The zero-order valence-corrected chi connectivity index (χ0v) is 11.4. The maximum absolute atomic E-state index is 4.22. The van der Waals surface area contributed by atoms with Gasteiger partial charge in [-0.1, -0.05) is 51.9 Å². The molecule has 0 saturated heterocycles. The second-order valence-electron chi connectivity index (χ2n) is 4.86. The molecule has 0 fully saturated rings. The lowest BCUT2D eigenvalue weighted by atomic mass is 10.1. The third kappa shape index (κ3) is 7.09. The van der Waals surface area contributed by atoms with E-state index < -0.39 is 0 Å². The van der Waals surface area contributed by atoms with Gasteiger partial charge in [-0.2, -0.15) is 0 Å². The molecule has 17 heavy (non-hydrogen) atoms. The zero-order chi connectivity index (χ0) is 12.3. The first-order valence-corrected chi connectivity index (χ1v) is 7.10. The molecule has 0 spiro atoms. The van der Waals surface area contributed by atoms with E-state index in [1.807, 2.05) is 19.3 Å². The monoisotopic (exact) mass is 234 g/mol. The number of rotatable bonds is 9. The summed E-state index contributed by atoms with van der Waals surface area (Å²) in [6.07, 6.45) is 16.1. The van der Waals surface area contributed by atoms with Gasteiger partial charge in [0, 0.05) is 12.4 Å². The first-order valence-electron chi connectivity index (χ1n) is 7.10. The molecule has 0 radical (unpaired) electrons. The van der Waals surface area contributed by atoms with Gasteiger partial charge in [0.25, 0.3) is 0 Å². The highest BCUT2D eigenvalue weighted by Crippen LogP contribution is 2.10. The molecule has 0 aliphatic rings. The predicted octanol–water partition coefficient (Wildman–Crippen LogP) is 4.47. The van der Waals surface area contributed by atoms with E-state index in [0.29, 0.717) is 0 Å². The SMILES string of the molecule is CCCCCCCCCCc1cnc(C)nc1. The van der Waals surface area contributed by atoms with E-state index in [1.54, 1.807) is 0 Å². The molecule has 0 aliphatic carbocycles. The third-order valence-corrected chi connectivity index (χ3v) is 3.15. The van der Waals surface area contributed by atoms with E-state index in [4.69, 9.17) is 0 Å². The van der Waals surface area contributed by atoms with Crippen molar-refractivity contribution in [3.05, 3.63) is 23.8 Å². The fourth-order valence-electron chi connectivity index (χ4n) is 2.01. The molecular formula is C15H26N2. The molecule has 0 aliphatic heterocycles. The molecule has 0 saturated carbocycles. The summed E-state index contributed by atoms with van der Waals surface area (Å²) in [6, 6.07) is 0. The summed E-state index contributed by atoms with van der Waals surface area (Å²) in [6.45, 7) is 4.20. The van der Waals surface area contributed by atoms with Gasteiger partial charge in [-0.25, -0.2) is 9.97 Å². The van der Waals surface area contributed by atoms with E-state index >= 15 is 0 Å². The average molecular weight is 234 g/mol. The Hall–Kier alpha value is -0.920. The van der Waals surface area contributed by atoms with Crippen LogP contribution in [0.3, 0.4) is 0 Å². The van der Waals surface area contributed by atoms with Crippen molar-refractivity contribution in [3.8, 4) is 0 Å².